The first kappa shape index (κ1) is 18.9. The van der Waals surface area contributed by atoms with Crippen LogP contribution < -0.4 is 0 Å². The van der Waals surface area contributed by atoms with Gasteiger partial charge in [0.05, 0.1) is 11.5 Å². The van der Waals surface area contributed by atoms with Crippen molar-refractivity contribution in [3.8, 4) is 11.3 Å². The van der Waals surface area contributed by atoms with Crippen LogP contribution in [0, 0.1) is 5.82 Å². The van der Waals surface area contributed by atoms with Crippen molar-refractivity contribution in [2.45, 2.75) is 19.9 Å². The van der Waals surface area contributed by atoms with Gasteiger partial charge < -0.3 is 9.15 Å². The minimum Gasteiger partial charge on any atom is -0.464 e. The summed E-state index contributed by atoms with van der Waals surface area (Å²) >= 11 is 0.729. The molecule has 2 amide bonds. The summed E-state index contributed by atoms with van der Waals surface area (Å²) in [6, 6.07) is 8.11. The minimum absolute atomic E-state index is 0.149. The van der Waals surface area contributed by atoms with Crippen LogP contribution >= 0.6 is 11.8 Å². The smallest absolute Gasteiger partial charge is 0.329 e. The number of ether oxygens (including phenoxy) is 1. The first-order chi connectivity index (χ1) is 12.9. The van der Waals surface area contributed by atoms with Gasteiger partial charge in [0.15, 0.2) is 0 Å². The molecule has 1 aliphatic rings. The van der Waals surface area contributed by atoms with E-state index in [1.165, 1.54) is 25.1 Å². The number of halogens is 1. The lowest BCUT2D eigenvalue weighted by molar-refractivity contribution is -0.150. The Morgan fingerprint density at radius 1 is 1.26 bits per heavy atom. The minimum atomic E-state index is -1.00. The zero-order chi connectivity index (χ0) is 19.6. The largest absolute Gasteiger partial charge is 0.464 e. The van der Waals surface area contributed by atoms with Gasteiger partial charge in [0.2, 0.25) is 0 Å². The molecule has 1 saturated heterocycles. The summed E-state index contributed by atoms with van der Waals surface area (Å²) in [5.41, 5.74) is 0.681. The van der Waals surface area contributed by atoms with Crippen molar-refractivity contribution in [3.05, 3.63) is 52.9 Å². The van der Waals surface area contributed by atoms with E-state index in [0.717, 1.165) is 16.7 Å². The Bertz CT molecular complexity index is 918. The van der Waals surface area contributed by atoms with E-state index in [9.17, 15) is 18.8 Å². The monoisotopic (exact) mass is 389 g/mol. The number of esters is 1. The number of hydrogen-bond donors (Lipinski definition) is 0. The molecule has 0 radical (unpaired) electrons. The summed E-state index contributed by atoms with van der Waals surface area (Å²) in [6.45, 7) is 3.25. The van der Waals surface area contributed by atoms with Gasteiger partial charge in [-0.15, -0.1) is 0 Å². The second-order valence-electron chi connectivity index (χ2n) is 5.69. The number of rotatable bonds is 5. The molecule has 1 aliphatic heterocycles. The van der Waals surface area contributed by atoms with E-state index in [1.807, 2.05) is 0 Å². The standard InChI is InChI=1S/C19H16FNO5S/c1-3-25-18(23)11(2)21-17(22)16(27-19(21)24)10-14-8-9-15(26-14)12-4-6-13(20)7-5-12/h4-11H,3H2,1-2H3/b16-10+/t11-/m0/s1. The molecule has 8 heteroatoms. The van der Waals surface area contributed by atoms with Gasteiger partial charge in [-0.1, -0.05) is 0 Å². The van der Waals surface area contributed by atoms with Crippen LogP contribution in [0.15, 0.2) is 45.7 Å². The van der Waals surface area contributed by atoms with Gasteiger partial charge in [-0.05, 0) is 62.0 Å². The normalized spacial score (nSPS) is 16.9. The van der Waals surface area contributed by atoms with E-state index in [4.69, 9.17) is 9.15 Å². The van der Waals surface area contributed by atoms with Crippen LogP contribution in [-0.4, -0.2) is 34.7 Å². The Hall–Kier alpha value is -2.87. The molecule has 1 aromatic heterocycles. The molecule has 0 spiro atoms. The molecule has 3 rings (SSSR count). The fourth-order valence-electron chi connectivity index (χ4n) is 2.51. The lowest BCUT2D eigenvalue weighted by Crippen LogP contribution is -2.42. The summed E-state index contributed by atoms with van der Waals surface area (Å²) in [7, 11) is 0. The summed E-state index contributed by atoms with van der Waals surface area (Å²) in [6.07, 6.45) is 1.44. The van der Waals surface area contributed by atoms with Crippen LogP contribution in [-0.2, 0) is 14.3 Å². The molecule has 2 aromatic rings. The third-order valence-corrected chi connectivity index (χ3v) is 4.75. The van der Waals surface area contributed by atoms with Gasteiger partial charge in [0.1, 0.15) is 23.4 Å². The Kier molecular flexibility index (Phi) is 5.46. The predicted molar refractivity (Wildman–Crippen MR) is 98.0 cm³/mol. The maximum absolute atomic E-state index is 13.0. The second-order valence-corrected chi connectivity index (χ2v) is 6.68. The Morgan fingerprint density at radius 3 is 2.63 bits per heavy atom. The predicted octanol–water partition coefficient (Wildman–Crippen LogP) is 4.07. The molecule has 140 valence electrons. The number of hydrogen-bond acceptors (Lipinski definition) is 6. The van der Waals surface area contributed by atoms with Crippen molar-refractivity contribution in [1.82, 2.24) is 4.90 Å². The van der Waals surface area contributed by atoms with E-state index < -0.39 is 23.2 Å². The van der Waals surface area contributed by atoms with Crippen molar-refractivity contribution in [2.24, 2.45) is 0 Å². The van der Waals surface area contributed by atoms with Crippen molar-refractivity contribution < 1.29 is 27.9 Å². The summed E-state index contributed by atoms with van der Waals surface area (Å²) in [4.78, 5) is 37.5. The number of thioether (sulfide) groups is 1. The molecule has 2 heterocycles. The highest BCUT2D eigenvalue weighted by atomic mass is 32.2. The molecule has 6 nitrogen and oxygen atoms in total. The number of nitrogens with zero attached hydrogens (tertiary/aromatic N) is 1. The highest BCUT2D eigenvalue weighted by molar-refractivity contribution is 8.18. The molecular formula is C19H16FNO5S. The highest BCUT2D eigenvalue weighted by Crippen LogP contribution is 2.34. The molecular weight excluding hydrogens is 373 g/mol. The van der Waals surface area contributed by atoms with Gasteiger partial charge in [-0.3, -0.25) is 14.5 Å². The molecule has 27 heavy (non-hydrogen) atoms. The average Bonchev–Trinajstić information content (AvgIpc) is 3.20. The molecule has 1 fully saturated rings. The maximum Gasteiger partial charge on any atom is 0.329 e. The number of carbonyl (C=O) groups is 3. The van der Waals surface area contributed by atoms with E-state index >= 15 is 0 Å². The zero-order valence-electron chi connectivity index (χ0n) is 14.6. The van der Waals surface area contributed by atoms with Crippen molar-refractivity contribution >= 4 is 35.0 Å². The number of amides is 2. The van der Waals surface area contributed by atoms with Crippen LogP contribution in [0.1, 0.15) is 19.6 Å². The fourth-order valence-corrected chi connectivity index (χ4v) is 3.40. The topological polar surface area (TPSA) is 76.8 Å². The third-order valence-electron chi connectivity index (χ3n) is 3.87. The van der Waals surface area contributed by atoms with E-state index in [1.54, 1.807) is 31.2 Å². The number of carbonyl (C=O) groups excluding carboxylic acids is 3. The Labute approximate surface area is 159 Å². The van der Waals surface area contributed by atoms with Crippen LogP contribution in [0.5, 0.6) is 0 Å². The fraction of sp³-hybridized carbons (Fsp3) is 0.211. The maximum atomic E-state index is 13.0. The van der Waals surface area contributed by atoms with Gasteiger partial charge in [-0.25, -0.2) is 9.18 Å². The van der Waals surface area contributed by atoms with Crippen LogP contribution in [0.4, 0.5) is 9.18 Å². The first-order valence-corrected chi connectivity index (χ1v) is 9.02. The van der Waals surface area contributed by atoms with Gasteiger partial charge in [0, 0.05) is 11.6 Å². The van der Waals surface area contributed by atoms with Crippen LogP contribution in [0.2, 0.25) is 0 Å². The molecule has 0 aliphatic carbocycles. The van der Waals surface area contributed by atoms with Gasteiger partial charge in [0.25, 0.3) is 11.1 Å². The van der Waals surface area contributed by atoms with Crippen molar-refractivity contribution in [1.29, 1.82) is 0 Å². The molecule has 1 aromatic carbocycles. The van der Waals surface area contributed by atoms with Crippen molar-refractivity contribution in [2.75, 3.05) is 6.61 Å². The van der Waals surface area contributed by atoms with Crippen molar-refractivity contribution in [3.63, 3.8) is 0 Å². The Morgan fingerprint density at radius 2 is 1.96 bits per heavy atom. The zero-order valence-corrected chi connectivity index (χ0v) is 15.4. The molecule has 0 saturated carbocycles. The lowest BCUT2D eigenvalue weighted by Gasteiger charge is -2.19. The van der Waals surface area contributed by atoms with E-state index in [0.29, 0.717) is 17.1 Å². The summed E-state index contributed by atoms with van der Waals surface area (Å²) in [5.74, 6) is -0.707. The molecule has 1 atom stereocenters. The molecule has 0 N–H and O–H groups in total. The molecule has 0 bridgehead atoms. The quantitative estimate of drug-likeness (QED) is 0.567. The van der Waals surface area contributed by atoms with E-state index in [2.05, 4.69) is 0 Å². The SMILES string of the molecule is CCOC(=O)[C@H](C)N1C(=O)S/C(=C/c2ccc(-c3ccc(F)cc3)o2)C1=O. The number of furan rings is 1. The van der Waals surface area contributed by atoms with Gasteiger partial charge in [-0.2, -0.15) is 0 Å². The summed E-state index contributed by atoms with van der Waals surface area (Å²) in [5, 5.41) is -0.544. The Balaban J connectivity index is 1.80. The van der Waals surface area contributed by atoms with E-state index in [-0.39, 0.29) is 17.3 Å². The lowest BCUT2D eigenvalue weighted by atomic mass is 10.2. The third kappa shape index (κ3) is 3.95. The second kappa shape index (κ2) is 7.79. The van der Waals surface area contributed by atoms with Crippen LogP contribution in [0.25, 0.3) is 17.4 Å². The molecule has 0 unspecified atom stereocenters. The average molecular weight is 389 g/mol. The number of benzene rings is 1. The summed E-state index contributed by atoms with van der Waals surface area (Å²) < 4.78 is 23.5. The van der Waals surface area contributed by atoms with Gasteiger partial charge >= 0.3 is 5.97 Å². The van der Waals surface area contributed by atoms with Crippen LogP contribution in [0.3, 0.4) is 0 Å². The first-order valence-electron chi connectivity index (χ1n) is 8.20. The highest BCUT2D eigenvalue weighted by Gasteiger charge is 2.41. The number of imide groups is 1.